The summed E-state index contributed by atoms with van der Waals surface area (Å²) in [6.45, 7) is 20.2. The molecule has 0 bridgehead atoms. The molecule has 33 heavy (non-hydrogen) atoms. The first-order valence-electron chi connectivity index (χ1n) is 12.4. The molecule has 0 aliphatic rings. The Hall–Kier alpha value is -2.80. The van der Waals surface area contributed by atoms with Crippen molar-refractivity contribution in [2.24, 2.45) is 5.92 Å². The number of hydrogen-bond donors (Lipinski definition) is 0. The van der Waals surface area contributed by atoms with Crippen LogP contribution in [0.1, 0.15) is 78.0 Å². The highest BCUT2D eigenvalue weighted by molar-refractivity contribution is 5.78. The van der Waals surface area contributed by atoms with Crippen LogP contribution in [0.5, 0.6) is 0 Å². The quantitative estimate of drug-likeness (QED) is 0.320. The number of benzene rings is 3. The first kappa shape index (κ1) is 24.8. The van der Waals surface area contributed by atoms with Gasteiger partial charge in [-0.05, 0) is 76.3 Å². The summed E-state index contributed by atoms with van der Waals surface area (Å²) < 4.78 is 0. The van der Waals surface area contributed by atoms with Crippen LogP contribution in [-0.4, -0.2) is 0 Å². The van der Waals surface area contributed by atoms with Gasteiger partial charge in [0, 0.05) is 17.1 Å². The highest BCUT2D eigenvalue weighted by Crippen LogP contribution is 2.39. The summed E-state index contributed by atoms with van der Waals surface area (Å²) in [5, 5.41) is 0. The van der Waals surface area contributed by atoms with Gasteiger partial charge >= 0.3 is 0 Å². The minimum absolute atomic E-state index is 0.147. The van der Waals surface area contributed by atoms with Gasteiger partial charge in [-0.2, -0.15) is 0 Å². The topological polar surface area (TPSA) is 3.24 Å². The summed E-state index contributed by atoms with van der Waals surface area (Å²) in [5.74, 6) is 0.623. The van der Waals surface area contributed by atoms with Gasteiger partial charge in [-0.15, -0.1) is 0 Å². The van der Waals surface area contributed by atoms with Crippen molar-refractivity contribution in [2.75, 3.05) is 4.90 Å². The maximum atomic E-state index is 3.97. The van der Waals surface area contributed by atoms with Gasteiger partial charge in [0.15, 0.2) is 0 Å². The molecule has 1 atom stereocenters. The van der Waals surface area contributed by atoms with E-state index in [2.05, 4.69) is 133 Å². The molecule has 3 aromatic rings. The minimum atomic E-state index is 0.147. The van der Waals surface area contributed by atoms with E-state index >= 15 is 0 Å². The van der Waals surface area contributed by atoms with Crippen molar-refractivity contribution in [2.45, 2.75) is 72.1 Å². The van der Waals surface area contributed by atoms with Crippen LogP contribution in [0, 0.1) is 5.92 Å². The van der Waals surface area contributed by atoms with E-state index in [1.807, 2.05) is 6.08 Å². The Labute approximate surface area is 202 Å². The van der Waals surface area contributed by atoms with Gasteiger partial charge in [-0.25, -0.2) is 0 Å². The van der Waals surface area contributed by atoms with Crippen LogP contribution in [-0.2, 0) is 10.8 Å². The molecule has 1 heteroatoms. The molecular weight excluding hydrogens is 398 g/mol. The molecule has 0 saturated carbocycles. The van der Waals surface area contributed by atoms with E-state index < -0.39 is 0 Å². The Morgan fingerprint density at radius 3 is 1.82 bits per heavy atom. The van der Waals surface area contributed by atoms with Gasteiger partial charge in [0.2, 0.25) is 0 Å². The Morgan fingerprint density at radius 2 is 1.33 bits per heavy atom. The molecular formula is C32H41N. The van der Waals surface area contributed by atoms with Crippen molar-refractivity contribution in [3.8, 4) is 0 Å². The maximum Gasteiger partial charge on any atom is 0.0467 e. The average Bonchev–Trinajstić information content (AvgIpc) is 2.84. The molecule has 0 radical (unpaired) electrons. The third-order valence-electron chi connectivity index (χ3n) is 7.87. The number of nitrogens with zero attached hydrogens (tertiary/aromatic N) is 1. The zero-order valence-corrected chi connectivity index (χ0v) is 21.7. The van der Waals surface area contributed by atoms with Crippen LogP contribution >= 0.6 is 0 Å². The second-order valence-electron chi connectivity index (χ2n) is 10.5. The third kappa shape index (κ3) is 5.24. The minimum Gasteiger partial charge on any atom is -0.310 e. The molecule has 1 nitrogen and oxygen atoms in total. The van der Waals surface area contributed by atoms with Crippen molar-refractivity contribution < 1.29 is 0 Å². The molecule has 0 amide bonds. The monoisotopic (exact) mass is 439 g/mol. The lowest BCUT2D eigenvalue weighted by Gasteiger charge is -2.33. The summed E-state index contributed by atoms with van der Waals surface area (Å²) >= 11 is 0. The Bertz CT molecular complexity index is 1050. The molecule has 0 fully saturated rings. The fraction of sp³-hybridized carbons (Fsp3) is 0.375. The SMILES string of the molecule is C=Cc1cccc(N(c2ccc(C(C)(C)CC)cc2)c2ccc(C(C)(C)C(C)CC)cc2)c1. The van der Waals surface area contributed by atoms with E-state index in [4.69, 9.17) is 0 Å². The molecule has 0 N–H and O–H groups in total. The first-order chi connectivity index (χ1) is 15.6. The van der Waals surface area contributed by atoms with Crippen molar-refractivity contribution in [1.29, 1.82) is 0 Å². The van der Waals surface area contributed by atoms with Crippen LogP contribution < -0.4 is 4.90 Å². The van der Waals surface area contributed by atoms with Gasteiger partial charge in [-0.1, -0.05) is 104 Å². The first-order valence-corrected chi connectivity index (χ1v) is 12.4. The Balaban J connectivity index is 2.08. The lowest BCUT2D eigenvalue weighted by molar-refractivity contribution is 0.335. The summed E-state index contributed by atoms with van der Waals surface area (Å²) in [5.41, 5.74) is 7.69. The van der Waals surface area contributed by atoms with Crippen LogP contribution in [0.25, 0.3) is 6.08 Å². The Morgan fingerprint density at radius 1 is 0.788 bits per heavy atom. The second kappa shape index (κ2) is 10.00. The van der Waals surface area contributed by atoms with Crippen molar-refractivity contribution in [3.05, 3.63) is 96.1 Å². The van der Waals surface area contributed by atoms with Crippen molar-refractivity contribution in [1.82, 2.24) is 0 Å². The van der Waals surface area contributed by atoms with E-state index in [1.165, 1.54) is 28.9 Å². The molecule has 1 unspecified atom stereocenters. The fourth-order valence-electron chi connectivity index (χ4n) is 4.34. The van der Waals surface area contributed by atoms with Crippen molar-refractivity contribution in [3.63, 3.8) is 0 Å². The van der Waals surface area contributed by atoms with Crippen LogP contribution in [0.4, 0.5) is 17.1 Å². The molecule has 0 heterocycles. The summed E-state index contributed by atoms with van der Waals surface area (Å²) in [6.07, 6.45) is 4.20. The van der Waals surface area contributed by atoms with Gasteiger partial charge in [-0.3, -0.25) is 0 Å². The zero-order chi connectivity index (χ0) is 24.2. The fourth-order valence-corrected chi connectivity index (χ4v) is 4.34. The van der Waals surface area contributed by atoms with Gasteiger partial charge in [0.1, 0.15) is 0 Å². The molecule has 0 saturated heterocycles. The van der Waals surface area contributed by atoms with Gasteiger partial charge in [0.25, 0.3) is 0 Å². The van der Waals surface area contributed by atoms with E-state index in [-0.39, 0.29) is 10.8 Å². The van der Waals surface area contributed by atoms with Gasteiger partial charge < -0.3 is 4.90 Å². The standard InChI is InChI=1S/C32H41N/c1-9-24(4)32(7,8)27-17-21-29(22-18-27)33(30-14-12-13-25(10-2)23-30)28-19-15-26(16-20-28)31(5,6)11-3/h10,12-24H,2,9,11H2,1,3-8H3. The van der Waals surface area contributed by atoms with E-state index in [9.17, 15) is 0 Å². The molecule has 174 valence electrons. The summed E-state index contributed by atoms with van der Waals surface area (Å²) in [4.78, 5) is 2.34. The average molecular weight is 440 g/mol. The lowest BCUT2D eigenvalue weighted by atomic mass is 9.73. The molecule has 0 aromatic heterocycles. The molecule has 3 aromatic carbocycles. The van der Waals surface area contributed by atoms with Gasteiger partial charge in [0.05, 0.1) is 0 Å². The number of hydrogen-bond acceptors (Lipinski definition) is 1. The van der Waals surface area contributed by atoms with Crippen LogP contribution in [0.15, 0.2) is 79.4 Å². The molecule has 0 aliphatic carbocycles. The summed E-state index contributed by atoms with van der Waals surface area (Å²) in [7, 11) is 0. The number of anilines is 3. The maximum absolute atomic E-state index is 3.97. The van der Waals surface area contributed by atoms with Crippen LogP contribution in [0.2, 0.25) is 0 Å². The smallest absolute Gasteiger partial charge is 0.0467 e. The molecule has 0 aliphatic heterocycles. The molecule has 3 rings (SSSR count). The predicted molar refractivity (Wildman–Crippen MR) is 147 cm³/mol. The predicted octanol–water partition coefficient (Wildman–Crippen LogP) is 9.81. The second-order valence-corrected chi connectivity index (χ2v) is 10.5. The van der Waals surface area contributed by atoms with E-state index in [1.54, 1.807) is 0 Å². The van der Waals surface area contributed by atoms with Crippen molar-refractivity contribution >= 4 is 23.1 Å². The largest absolute Gasteiger partial charge is 0.310 e. The highest BCUT2D eigenvalue weighted by Gasteiger charge is 2.27. The lowest BCUT2D eigenvalue weighted by Crippen LogP contribution is -2.26. The van der Waals surface area contributed by atoms with E-state index in [0.29, 0.717) is 5.92 Å². The van der Waals surface area contributed by atoms with Crippen LogP contribution in [0.3, 0.4) is 0 Å². The zero-order valence-electron chi connectivity index (χ0n) is 21.7. The van der Waals surface area contributed by atoms with E-state index in [0.717, 1.165) is 17.7 Å². The Kier molecular flexibility index (Phi) is 7.52. The highest BCUT2D eigenvalue weighted by atomic mass is 15.1. The normalized spacial score (nSPS) is 12.9. The number of rotatable bonds is 9. The summed E-state index contributed by atoms with van der Waals surface area (Å²) in [6, 6.07) is 26.8. The third-order valence-corrected chi connectivity index (χ3v) is 7.87. The molecule has 0 spiro atoms.